The van der Waals surface area contributed by atoms with Gasteiger partial charge in [-0.2, -0.15) is 0 Å². The Bertz CT molecular complexity index is 1840. The number of aliphatic hydroxyl groups excluding tert-OH is 7. The van der Waals surface area contributed by atoms with Crippen LogP contribution in [0.15, 0.2) is 89.8 Å². The summed E-state index contributed by atoms with van der Waals surface area (Å²) in [6.45, 7) is -1.52. The monoisotopic (exact) mass is 769 g/mol. The molecule has 1 spiro atoms. The van der Waals surface area contributed by atoms with Crippen molar-refractivity contribution in [2.24, 2.45) is 5.41 Å². The van der Waals surface area contributed by atoms with E-state index in [9.17, 15) is 49.0 Å². The molecule has 0 radical (unpaired) electrons. The topological polar surface area (TPSA) is 224 Å². The fraction of sp³-hybridized carbons (Fsp3) is 0.513. The van der Waals surface area contributed by atoms with E-state index in [1.54, 1.807) is 17.0 Å². The number of carbonyl (C=O) groups is 1. The van der Waals surface area contributed by atoms with E-state index in [0.717, 1.165) is 24.1 Å². The number of carbonyl (C=O) groups excluding carboxylic acids is 1. The average Bonchev–Trinajstić information content (AvgIpc) is 3.20. The zero-order valence-corrected chi connectivity index (χ0v) is 30.2. The Kier molecular flexibility index (Phi) is 11.3. The lowest BCUT2D eigenvalue weighted by Crippen LogP contribution is -2.65. The van der Waals surface area contributed by atoms with Crippen LogP contribution in [-0.2, 0) is 28.8 Å². The SMILES string of the molecule is O=C1N(c2ccccc2)[C@H](c2ccc(S(=O)(=O)C[C@@H]3OC(CO)[C@H](O[C@@H]4OC(CO)[C@H](O)[C@H](O)C4O)[C@H](O)C3O)cc2)C12CCC(c1ccccc1)CC2. The summed E-state index contributed by atoms with van der Waals surface area (Å²) in [5, 5.41) is 72.2. The minimum atomic E-state index is -4.16. The molecule has 3 heterocycles. The molecular formula is C39H47NO13S. The highest BCUT2D eigenvalue weighted by Gasteiger charge is 2.62. The Hall–Kier alpha value is -3.32. The number of amides is 1. The number of anilines is 1. The summed E-state index contributed by atoms with van der Waals surface area (Å²) < 4.78 is 44.1. The van der Waals surface area contributed by atoms with Gasteiger partial charge in [0, 0.05) is 5.69 Å². The van der Waals surface area contributed by atoms with Crippen LogP contribution in [0.4, 0.5) is 5.69 Å². The molecule has 4 unspecified atom stereocenters. The van der Waals surface area contributed by atoms with Crippen LogP contribution in [0.3, 0.4) is 0 Å². The van der Waals surface area contributed by atoms with E-state index in [0.29, 0.717) is 18.8 Å². The van der Waals surface area contributed by atoms with Crippen LogP contribution in [0.2, 0.25) is 0 Å². The van der Waals surface area contributed by atoms with Crippen molar-refractivity contribution in [1.29, 1.82) is 0 Å². The summed E-state index contributed by atoms with van der Waals surface area (Å²) in [6, 6.07) is 25.7. The van der Waals surface area contributed by atoms with Crippen molar-refractivity contribution in [2.45, 2.75) is 104 Å². The zero-order valence-electron chi connectivity index (χ0n) is 29.4. The zero-order chi connectivity index (χ0) is 38.4. The van der Waals surface area contributed by atoms with Crippen molar-refractivity contribution in [1.82, 2.24) is 0 Å². The molecule has 1 saturated carbocycles. The van der Waals surface area contributed by atoms with Crippen LogP contribution in [0.1, 0.15) is 48.8 Å². The van der Waals surface area contributed by atoms with E-state index < -0.39 is 95.4 Å². The molecule has 292 valence electrons. The predicted octanol–water partition coefficient (Wildman–Crippen LogP) is 0.559. The van der Waals surface area contributed by atoms with Crippen LogP contribution in [-0.4, -0.2) is 130 Å². The standard InChI is InChI=1S/C39H47NO13S/c41-19-27-30(43)32(45)34(47)37(52-27)53-35-28(20-42)51-29(31(44)33(35)46)21-54(49,50)26-13-11-24(12-14-26)36-39(38(48)40(36)25-9-5-2-6-10-25)17-15-23(16-18-39)22-7-3-1-4-8-22/h1-14,23,27-37,41-47H,15-21H2/t23?,27?,28?,29-,30-,31?,32-,33+,34?,35-,36+,37-,39?/m0/s1. The van der Waals surface area contributed by atoms with Crippen molar-refractivity contribution >= 4 is 21.4 Å². The minimum Gasteiger partial charge on any atom is -0.394 e. The molecule has 54 heavy (non-hydrogen) atoms. The smallest absolute Gasteiger partial charge is 0.236 e. The van der Waals surface area contributed by atoms with Crippen molar-refractivity contribution in [3.05, 3.63) is 96.1 Å². The fourth-order valence-electron chi connectivity index (χ4n) is 8.63. The van der Waals surface area contributed by atoms with Gasteiger partial charge in [0.25, 0.3) is 0 Å². The Labute approximate surface area is 313 Å². The van der Waals surface area contributed by atoms with Gasteiger partial charge in [-0.05, 0) is 67.0 Å². The summed E-state index contributed by atoms with van der Waals surface area (Å²) in [7, 11) is -4.16. The third kappa shape index (κ3) is 7.01. The van der Waals surface area contributed by atoms with E-state index in [4.69, 9.17) is 14.2 Å². The van der Waals surface area contributed by atoms with Crippen molar-refractivity contribution < 1.29 is 63.2 Å². The molecule has 1 aliphatic carbocycles. The van der Waals surface area contributed by atoms with Crippen molar-refractivity contribution in [3.8, 4) is 0 Å². The molecule has 4 fully saturated rings. The number of ether oxygens (including phenoxy) is 3. The van der Waals surface area contributed by atoms with E-state index >= 15 is 0 Å². The van der Waals surface area contributed by atoms with Crippen LogP contribution in [0.5, 0.6) is 0 Å². The number of β-lactam (4-membered cyclic amide) rings is 1. The number of hydrogen-bond donors (Lipinski definition) is 7. The fourth-order valence-corrected chi connectivity index (χ4v) is 10.1. The Morgan fingerprint density at radius 3 is 1.89 bits per heavy atom. The first-order valence-electron chi connectivity index (χ1n) is 18.2. The Balaban J connectivity index is 1.07. The molecule has 0 bridgehead atoms. The maximum atomic E-state index is 14.0. The molecule has 1 amide bonds. The molecule has 11 atom stereocenters. The summed E-state index contributed by atoms with van der Waals surface area (Å²) >= 11 is 0. The van der Waals surface area contributed by atoms with E-state index in [-0.39, 0.29) is 16.8 Å². The van der Waals surface area contributed by atoms with Gasteiger partial charge in [-0.1, -0.05) is 60.7 Å². The molecule has 3 aromatic rings. The van der Waals surface area contributed by atoms with E-state index in [2.05, 4.69) is 12.1 Å². The highest BCUT2D eigenvalue weighted by atomic mass is 32.2. The number of benzene rings is 3. The first kappa shape index (κ1) is 38.9. The second-order valence-corrected chi connectivity index (χ2v) is 16.8. The molecule has 15 heteroatoms. The van der Waals surface area contributed by atoms with Crippen LogP contribution in [0, 0.1) is 5.41 Å². The molecule has 7 N–H and O–H groups in total. The van der Waals surface area contributed by atoms with Gasteiger partial charge in [0.1, 0.15) is 54.9 Å². The third-order valence-electron chi connectivity index (χ3n) is 11.7. The summed E-state index contributed by atoms with van der Waals surface area (Å²) in [6.07, 6.45) is -13.4. The van der Waals surface area contributed by atoms with Crippen molar-refractivity contribution in [3.63, 3.8) is 0 Å². The maximum Gasteiger partial charge on any atom is 0.236 e. The van der Waals surface area contributed by atoms with Gasteiger partial charge in [-0.3, -0.25) is 4.79 Å². The maximum absolute atomic E-state index is 14.0. The highest BCUT2D eigenvalue weighted by molar-refractivity contribution is 7.91. The Morgan fingerprint density at radius 2 is 1.28 bits per heavy atom. The number of para-hydroxylation sites is 1. The van der Waals surface area contributed by atoms with Crippen molar-refractivity contribution in [2.75, 3.05) is 23.9 Å². The lowest BCUT2D eigenvalue weighted by atomic mass is 9.58. The predicted molar refractivity (Wildman–Crippen MR) is 192 cm³/mol. The molecule has 14 nitrogen and oxygen atoms in total. The number of hydrogen-bond acceptors (Lipinski definition) is 13. The Morgan fingerprint density at radius 1 is 0.685 bits per heavy atom. The molecular weight excluding hydrogens is 722 g/mol. The van der Waals surface area contributed by atoms with E-state index in [1.807, 2.05) is 48.5 Å². The first-order chi connectivity index (χ1) is 25.9. The molecule has 3 saturated heterocycles. The third-order valence-corrected chi connectivity index (χ3v) is 13.4. The first-order valence-corrected chi connectivity index (χ1v) is 19.9. The quantitative estimate of drug-likeness (QED) is 0.140. The van der Waals surface area contributed by atoms with Gasteiger partial charge in [0.05, 0.1) is 35.3 Å². The van der Waals surface area contributed by atoms with E-state index in [1.165, 1.54) is 17.7 Å². The molecule has 7 rings (SSSR count). The van der Waals surface area contributed by atoms with Gasteiger partial charge in [0.2, 0.25) is 5.91 Å². The van der Waals surface area contributed by atoms with Gasteiger partial charge in [-0.25, -0.2) is 8.42 Å². The minimum absolute atomic E-state index is 0.0520. The average molecular weight is 770 g/mol. The number of aliphatic hydroxyl groups is 7. The summed E-state index contributed by atoms with van der Waals surface area (Å²) in [5.74, 6) is -0.368. The van der Waals surface area contributed by atoms with Gasteiger partial charge in [-0.15, -0.1) is 0 Å². The largest absolute Gasteiger partial charge is 0.394 e. The van der Waals surface area contributed by atoms with Gasteiger partial charge in [0.15, 0.2) is 16.1 Å². The van der Waals surface area contributed by atoms with Crippen LogP contribution < -0.4 is 4.90 Å². The van der Waals surface area contributed by atoms with Crippen LogP contribution in [0.25, 0.3) is 0 Å². The summed E-state index contributed by atoms with van der Waals surface area (Å²) in [4.78, 5) is 15.7. The number of sulfone groups is 1. The number of rotatable bonds is 10. The highest BCUT2D eigenvalue weighted by Crippen LogP contribution is 2.60. The molecule has 4 aliphatic rings. The van der Waals surface area contributed by atoms with Gasteiger partial charge >= 0.3 is 0 Å². The molecule has 3 aromatic carbocycles. The second kappa shape index (κ2) is 15.7. The van der Waals surface area contributed by atoms with Crippen LogP contribution >= 0.6 is 0 Å². The molecule has 0 aromatic heterocycles. The second-order valence-electron chi connectivity index (χ2n) is 14.8. The number of nitrogens with zero attached hydrogens (tertiary/aromatic N) is 1. The summed E-state index contributed by atoms with van der Waals surface area (Å²) in [5.41, 5.74) is 2.17. The lowest BCUT2D eigenvalue weighted by Gasteiger charge is -2.58. The normalized spacial score (nSPS) is 37.2. The molecule has 3 aliphatic heterocycles. The van der Waals surface area contributed by atoms with Gasteiger partial charge < -0.3 is 54.9 Å². The lowest BCUT2D eigenvalue weighted by molar-refractivity contribution is -0.341.